The van der Waals surface area contributed by atoms with Gasteiger partial charge < -0.3 is 10.8 Å². The molecule has 1 atom stereocenters. The second-order valence-electron chi connectivity index (χ2n) is 2.80. The van der Waals surface area contributed by atoms with Crippen molar-refractivity contribution in [1.29, 1.82) is 0 Å². The molecule has 0 aliphatic heterocycles. The number of aliphatic hydroxyl groups is 1. The molecule has 2 nitrogen and oxygen atoms in total. The van der Waals surface area contributed by atoms with Gasteiger partial charge in [-0.3, -0.25) is 0 Å². The Morgan fingerprint density at radius 2 is 1.85 bits per heavy atom. The zero-order valence-corrected chi connectivity index (χ0v) is 6.95. The van der Waals surface area contributed by atoms with E-state index in [4.69, 9.17) is 5.73 Å². The zero-order valence-electron chi connectivity index (χ0n) is 6.95. The standard InChI is InChI=1S/C9H11F2NO/c10-8(11)9(13,6-12)7-4-2-1-3-5-7/h1-5,8,13H,6,12H2. The molecule has 1 unspecified atom stereocenters. The fourth-order valence-corrected chi connectivity index (χ4v) is 1.06. The minimum atomic E-state index is -2.88. The number of rotatable bonds is 3. The molecule has 13 heavy (non-hydrogen) atoms. The highest BCUT2D eigenvalue weighted by Gasteiger charge is 2.37. The van der Waals surface area contributed by atoms with E-state index in [-0.39, 0.29) is 5.56 Å². The first-order chi connectivity index (χ1) is 6.11. The highest BCUT2D eigenvalue weighted by atomic mass is 19.3. The minimum absolute atomic E-state index is 0.146. The number of alkyl halides is 2. The smallest absolute Gasteiger partial charge is 0.272 e. The predicted octanol–water partition coefficient (Wildman–Crippen LogP) is 1.10. The zero-order chi connectivity index (χ0) is 9.90. The number of halogens is 2. The average Bonchev–Trinajstić information content (AvgIpc) is 2.17. The van der Waals surface area contributed by atoms with Gasteiger partial charge in [0.05, 0.1) is 0 Å². The first kappa shape index (κ1) is 10.1. The molecule has 0 aliphatic rings. The number of nitrogens with two attached hydrogens (primary N) is 1. The number of hydrogen-bond acceptors (Lipinski definition) is 2. The first-order valence-corrected chi connectivity index (χ1v) is 3.87. The van der Waals surface area contributed by atoms with Crippen LogP contribution in [0.15, 0.2) is 30.3 Å². The van der Waals surface area contributed by atoms with E-state index in [0.717, 1.165) is 0 Å². The van der Waals surface area contributed by atoms with E-state index in [1.54, 1.807) is 18.2 Å². The molecule has 0 heterocycles. The van der Waals surface area contributed by atoms with Crippen LogP contribution in [0.2, 0.25) is 0 Å². The minimum Gasteiger partial charge on any atom is -0.378 e. The van der Waals surface area contributed by atoms with Gasteiger partial charge in [0.25, 0.3) is 6.43 Å². The summed E-state index contributed by atoms with van der Waals surface area (Å²) in [5.41, 5.74) is 3.03. The van der Waals surface area contributed by atoms with Crippen molar-refractivity contribution in [1.82, 2.24) is 0 Å². The second kappa shape index (κ2) is 3.81. The third-order valence-corrected chi connectivity index (χ3v) is 1.95. The van der Waals surface area contributed by atoms with Crippen molar-refractivity contribution in [3.63, 3.8) is 0 Å². The van der Waals surface area contributed by atoms with E-state index in [9.17, 15) is 13.9 Å². The Morgan fingerprint density at radius 1 is 1.31 bits per heavy atom. The van der Waals surface area contributed by atoms with Crippen LogP contribution in [0.3, 0.4) is 0 Å². The molecule has 0 saturated heterocycles. The summed E-state index contributed by atoms with van der Waals surface area (Å²) in [5, 5.41) is 9.49. The van der Waals surface area contributed by atoms with E-state index in [1.807, 2.05) is 0 Å². The quantitative estimate of drug-likeness (QED) is 0.744. The summed E-state index contributed by atoms with van der Waals surface area (Å²) in [4.78, 5) is 0. The van der Waals surface area contributed by atoms with Crippen molar-refractivity contribution in [3.8, 4) is 0 Å². The maximum Gasteiger partial charge on any atom is 0.272 e. The van der Waals surface area contributed by atoms with Gasteiger partial charge in [-0.2, -0.15) is 0 Å². The predicted molar refractivity (Wildman–Crippen MR) is 45.4 cm³/mol. The lowest BCUT2D eigenvalue weighted by Crippen LogP contribution is -2.41. The van der Waals surface area contributed by atoms with Crippen molar-refractivity contribution in [3.05, 3.63) is 35.9 Å². The van der Waals surface area contributed by atoms with Crippen LogP contribution in [0.5, 0.6) is 0 Å². The molecule has 0 radical (unpaired) electrons. The summed E-state index contributed by atoms with van der Waals surface area (Å²) in [5.74, 6) is 0. The molecule has 0 spiro atoms. The van der Waals surface area contributed by atoms with Gasteiger partial charge in [0, 0.05) is 6.54 Å². The molecule has 0 fully saturated rings. The summed E-state index contributed by atoms with van der Waals surface area (Å²) in [6.07, 6.45) is -2.88. The molecule has 72 valence electrons. The van der Waals surface area contributed by atoms with Crippen LogP contribution in [0.25, 0.3) is 0 Å². The summed E-state index contributed by atoms with van der Waals surface area (Å²) in [6, 6.07) is 7.71. The Hall–Kier alpha value is -1.00. The van der Waals surface area contributed by atoms with Crippen LogP contribution in [0, 0.1) is 0 Å². The molecule has 0 bridgehead atoms. The highest BCUT2D eigenvalue weighted by molar-refractivity contribution is 5.23. The van der Waals surface area contributed by atoms with Gasteiger partial charge in [-0.15, -0.1) is 0 Å². The fourth-order valence-electron chi connectivity index (χ4n) is 1.06. The van der Waals surface area contributed by atoms with Gasteiger partial charge in [-0.1, -0.05) is 30.3 Å². The molecule has 3 N–H and O–H groups in total. The summed E-state index contributed by atoms with van der Waals surface area (Å²) in [6.45, 7) is -0.491. The molecule has 1 aromatic rings. The monoisotopic (exact) mass is 187 g/mol. The Labute approximate surface area is 75.0 Å². The van der Waals surface area contributed by atoms with E-state index < -0.39 is 18.6 Å². The highest BCUT2D eigenvalue weighted by Crippen LogP contribution is 2.26. The molecule has 0 saturated carbocycles. The van der Waals surface area contributed by atoms with Crippen LogP contribution in [-0.2, 0) is 5.60 Å². The van der Waals surface area contributed by atoms with Crippen LogP contribution >= 0.6 is 0 Å². The third-order valence-electron chi connectivity index (χ3n) is 1.95. The molecule has 0 aromatic heterocycles. The lowest BCUT2D eigenvalue weighted by atomic mass is 9.95. The van der Waals surface area contributed by atoms with Crippen molar-refractivity contribution in [2.75, 3.05) is 6.54 Å². The van der Waals surface area contributed by atoms with Gasteiger partial charge >= 0.3 is 0 Å². The number of benzene rings is 1. The summed E-state index contributed by atoms with van der Waals surface area (Å²) in [7, 11) is 0. The van der Waals surface area contributed by atoms with Gasteiger partial charge in [-0.05, 0) is 5.56 Å². The van der Waals surface area contributed by atoms with Crippen molar-refractivity contribution < 1.29 is 13.9 Å². The maximum atomic E-state index is 12.4. The topological polar surface area (TPSA) is 46.2 Å². The van der Waals surface area contributed by atoms with Gasteiger partial charge in [-0.25, -0.2) is 8.78 Å². The lowest BCUT2D eigenvalue weighted by molar-refractivity contribution is -0.0948. The summed E-state index contributed by atoms with van der Waals surface area (Å²) >= 11 is 0. The first-order valence-electron chi connectivity index (χ1n) is 3.87. The van der Waals surface area contributed by atoms with Crippen molar-refractivity contribution in [2.24, 2.45) is 5.73 Å². The maximum absolute atomic E-state index is 12.4. The molecule has 1 rings (SSSR count). The number of hydrogen-bond donors (Lipinski definition) is 2. The lowest BCUT2D eigenvalue weighted by Gasteiger charge is -2.25. The van der Waals surface area contributed by atoms with E-state index in [1.165, 1.54) is 12.1 Å². The van der Waals surface area contributed by atoms with E-state index in [2.05, 4.69) is 0 Å². The molecule has 1 aromatic carbocycles. The van der Waals surface area contributed by atoms with Crippen molar-refractivity contribution in [2.45, 2.75) is 12.0 Å². The molecule has 0 amide bonds. The Kier molecular flexibility index (Phi) is 2.95. The molecule has 4 heteroatoms. The van der Waals surface area contributed by atoms with Crippen molar-refractivity contribution >= 4 is 0 Å². The second-order valence-corrected chi connectivity index (χ2v) is 2.80. The Morgan fingerprint density at radius 3 is 2.23 bits per heavy atom. The summed E-state index contributed by atoms with van der Waals surface area (Å²) < 4.78 is 24.9. The van der Waals surface area contributed by atoms with Gasteiger partial charge in [0.1, 0.15) is 0 Å². The van der Waals surface area contributed by atoms with Gasteiger partial charge in [0.2, 0.25) is 0 Å². The molecular weight excluding hydrogens is 176 g/mol. The van der Waals surface area contributed by atoms with Crippen LogP contribution in [0.4, 0.5) is 8.78 Å². The van der Waals surface area contributed by atoms with E-state index in [0.29, 0.717) is 0 Å². The average molecular weight is 187 g/mol. The Bertz CT molecular complexity index is 266. The van der Waals surface area contributed by atoms with Crippen LogP contribution in [-0.4, -0.2) is 18.1 Å². The Balaban J connectivity index is 3.03. The van der Waals surface area contributed by atoms with Crippen LogP contribution < -0.4 is 5.73 Å². The fraction of sp³-hybridized carbons (Fsp3) is 0.333. The normalized spacial score (nSPS) is 15.8. The SMILES string of the molecule is NCC(O)(c1ccccc1)C(F)F. The molecular formula is C9H11F2NO. The van der Waals surface area contributed by atoms with Gasteiger partial charge in [0.15, 0.2) is 5.60 Å². The largest absolute Gasteiger partial charge is 0.378 e. The molecule has 0 aliphatic carbocycles. The van der Waals surface area contributed by atoms with Crippen LogP contribution in [0.1, 0.15) is 5.56 Å². The van der Waals surface area contributed by atoms with E-state index >= 15 is 0 Å². The third kappa shape index (κ3) is 1.84.